The van der Waals surface area contributed by atoms with E-state index in [1.807, 2.05) is 0 Å². The molecule has 1 rings (SSSR count). The van der Waals surface area contributed by atoms with Crippen LogP contribution < -0.4 is 10.6 Å². The monoisotopic (exact) mass is 280 g/mol. The van der Waals surface area contributed by atoms with Gasteiger partial charge in [0, 0.05) is 19.0 Å². The number of aliphatic carboxylic acids is 1. The van der Waals surface area contributed by atoms with Crippen LogP contribution in [0, 0.1) is 0 Å². The van der Waals surface area contributed by atoms with Crippen molar-refractivity contribution in [2.45, 2.75) is 32.2 Å². The van der Waals surface area contributed by atoms with E-state index in [4.69, 9.17) is 10.2 Å². The molecule has 0 fully saturated rings. The standard InChI is InChI=1S/C14H20N2O4/c1-10(2-7-13(18)19)16-14(20)15-9-8-11-3-5-12(17)6-4-11/h3-6,10,17H,2,7-9H2,1H3,(H,18,19)(H2,15,16,20). The Morgan fingerprint density at radius 3 is 2.50 bits per heavy atom. The van der Waals surface area contributed by atoms with Gasteiger partial charge < -0.3 is 20.8 Å². The number of carboxylic acid groups (broad SMARTS) is 1. The highest BCUT2D eigenvalue weighted by molar-refractivity contribution is 5.74. The number of carbonyl (C=O) groups is 2. The van der Waals surface area contributed by atoms with Crippen LogP contribution in [0.1, 0.15) is 25.3 Å². The first-order valence-corrected chi connectivity index (χ1v) is 6.51. The van der Waals surface area contributed by atoms with Crippen molar-refractivity contribution in [1.82, 2.24) is 10.6 Å². The summed E-state index contributed by atoms with van der Waals surface area (Å²) >= 11 is 0. The highest BCUT2D eigenvalue weighted by Gasteiger charge is 2.08. The van der Waals surface area contributed by atoms with E-state index in [0.29, 0.717) is 19.4 Å². The molecule has 1 unspecified atom stereocenters. The van der Waals surface area contributed by atoms with Gasteiger partial charge in [0.1, 0.15) is 5.75 Å². The second kappa shape index (κ2) is 8.04. The van der Waals surface area contributed by atoms with Crippen LogP contribution in [0.5, 0.6) is 5.75 Å². The van der Waals surface area contributed by atoms with Crippen molar-refractivity contribution in [2.75, 3.05) is 6.54 Å². The van der Waals surface area contributed by atoms with Crippen LogP contribution in [0.2, 0.25) is 0 Å². The molecular weight excluding hydrogens is 260 g/mol. The summed E-state index contributed by atoms with van der Waals surface area (Å²) in [6.45, 7) is 2.24. The van der Waals surface area contributed by atoms with Crippen LogP contribution in [0.3, 0.4) is 0 Å². The Morgan fingerprint density at radius 1 is 1.25 bits per heavy atom. The number of nitrogens with one attached hydrogen (secondary N) is 2. The molecule has 0 aliphatic rings. The zero-order valence-corrected chi connectivity index (χ0v) is 11.4. The Bertz CT molecular complexity index is 445. The van der Waals surface area contributed by atoms with E-state index in [0.717, 1.165) is 5.56 Å². The molecule has 110 valence electrons. The van der Waals surface area contributed by atoms with E-state index in [2.05, 4.69) is 10.6 Å². The Balaban J connectivity index is 2.19. The second-order valence-electron chi connectivity index (χ2n) is 4.65. The van der Waals surface area contributed by atoms with Crippen LogP contribution in [0.4, 0.5) is 4.79 Å². The van der Waals surface area contributed by atoms with Gasteiger partial charge in [-0.15, -0.1) is 0 Å². The molecule has 0 aliphatic carbocycles. The topological polar surface area (TPSA) is 98.7 Å². The van der Waals surface area contributed by atoms with Gasteiger partial charge in [0.05, 0.1) is 0 Å². The third-order valence-electron chi connectivity index (χ3n) is 2.80. The van der Waals surface area contributed by atoms with Gasteiger partial charge in [0.15, 0.2) is 0 Å². The third-order valence-corrected chi connectivity index (χ3v) is 2.80. The summed E-state index contributed by atoms with van der Waals surface area (Å²) in [5.74, 6) is -0.655. The van der Waals surface area contributed by atoms with Crippen LogP contribution in [0.15, 0.2) is 24.3 Å². The van der Waals surface area contributed by atoms with Crippen molar-refractivity contribution < 1.29 is 19.8 Å². The molecule has 0 aliphatic heterocycles. The van der Waals surface area contributed by atoms with Gasteiger partial charge in [-0.2, -0.15) is 0 Å². The second-order valence-corrected chi connectivity index (χ2v) is 4.65. The van der Waals surface area contributed by atoms with Crippen molar-refractivity contribution in [3.05, 3.63) is 29.8 Å². The van der Waals surface area contributed by atoms with E-state index in [9.17, 15) is 9.59 Å². The van der Waals surface area contributed by atoms with E-state index in [1.54, 1.807) is 31.2 Å². The minimum atomic E-state index is -0.869. The fourth-order valence-corrected chi connectivity index (χ4v) is 1.67. The minimum Gasteiger partial charge on any atom is -0.508 e. The number of aromatic hydroxyl groups is 1. The molecule has 0 heterocycles. The summed E-state index contributed by atoms with van der Waals surface area (Å²) in [5.41, 5.74) is 1.02. The van der Waals surface area contributed by atoms with E-state index < -0.39 is 5.97 Å². The SMILES string of the molecule is CC(CCC(=O)O)NC(=O)NCCc1ccc(O)cc1. The van der Waals surface area contributed by atoms with Crippen molar-refractivity contribution in [2.24, 2.45) is 0 Å². The Hall–Kier alpha value is -2.24. The quantitative estimate of drug-likeness (QED) is 0.608. The van der Waals surface area contributed by atoms with E-state index in [1.165, 1.54) is 0 Å². The molecule has 6 nitrogen and oxygen atoms in total. The Kier molecular flexibility index (Phi) is 6.36. The summed E-state index contributed by atoms with van der Waals surface area (Å²) in [7, 11) is 0. The molecule has 0 spiro atoms. The molecule has 2 amide bonds. The lowest BCUT2D eigenvalue weighted by molar-refractivity contribution is -0.137. The van der Waals surface area contributed by atoms with Crippen molar-refractivity contribution in [3.63, 3.8) is 0 Å². The van der Waals surface area contributed by atoms with Gasteiger partial charge in [-0.05, 0) is 37.5 Å². The molecule has 4 N–H and O–H groups in total. The largest absolute Gasteiger partial charge is 0.508 e. The molecule has 20 heavy (non-hydrogen) atoms. The van der Waals surface area contributed by atoms with Crippen molar-refractivity contribution in [1.29, 1.82) is 0 Å². The van der Waals surface area contributed by atoms with Crippen LogP contribution in [-0.4, -0.2) is 34.8 Å². The molecule has 0 bridgehead atoms. The predicted octanol–water partition coefficient (Wildman–Crippen LogP) is 1.49. The number of phenolic OH excluding ortho intramolecular Hbond substituents is 1. The highest BCUT2D eigenvalue weighted by atomic mass is 16.4. The first-order chi connectivity index (χ1) is 9.47. The maximum Gasteiger partial charge on any atom is 0.315 e. The average molecular weight is 280 g/mol. The van der Waals surface area contributed by atoms with Gasteiger partial charge >= 0.3 is 12.0 Å². The first-order valence-electron chi connectivity index (χ1n) is 6.51. The maximum absolute atomic E-state index is 11.5. The van der Waals surface area contributed by atoms with Crippen molar-refractivity contribution >= 4 is 12.0 Å². The normalized spacial score (nSPS) is 11.7. The summed E-state index contributed by atoms with van der Waals surface area (Å²) in [5, 5.41) is 23.1. The average Bonchev–Trinajstić information content (AvgIpc) is 2.38. The zero-order chi connectivity index (χ0) is 15.0. The third kappa shape index (κ3) is 6.63. The zero-order valence-electron chi connectivity index (χ0n) is 11.4. The number of rotatable bonds is 7. The molecule has 0 saturated heterocycles. The van der Waals surface area contributed by atoms with Crippen LogP contribution in [0.25, 0.3) is 0 Å². The van der Waals surface area contributed by atoms with Crippen LogP contribution >= 0.6 is 0 Å². The van der Waals surface area contributed by atoms with E-state index in [-0.39, 0.29) is 24.2 Å². The van der Waals surface area contributed by atoms with Gasteiger partial charge in [0.25, 0.3) is 0 Å². The fraction of sp³-hybridized carbons (Fsp3) is 0.429. The van der Waals surface area contributed by atoms with E-state index >= 15 is 0 Å². The number of benzene rings is 1. The number of carboxylic acids is 1. The molecule has 0 saturated carbocycles. The Morgan fingerprint density at radius 2 is 1.90 bits per heavy atom. The number of hydrogen-bond acceptors (Lipinski definition) is 3. The van der Waals surface area contributed by atoms with Gasteiger partial charge in [-0.1, -0.05) is 12.1 Å². The summed E-state index contributed by atoms with van der Waals surface area (Å²) in [4.78, 5) is 21.9. The number of amides is 2. The van der Waals surface area contributed by atoms with Gasteiger partial charge in [-0.3, -0.25) is 4.79 Å². The molecule has 0 aromatic heterocycles. The predicted molar refractivity (Wildman–Crippen MR) is 74.7 cm³/mol. The summed E-state index contributed by atoms with van der Waals surface area (Å²) in [6, 6.07) is 6.31. The number of hydrogen-bond donors (Lipinski definition) is 4. The smallest absolute Gasteiger partial charge is 0.315 e. The van der Waals surface area contributed by atoms with Gasteiger partial charge in [0.2, 0.25) is 0 Å². The summed E-state index contributed by atoms with van der Waals surface area (Å²) < 4.78 is 0. The minimum absolute atomic E-state index is 0.0367. The molecule has 1 atom stereocenters. The lowest BCUT2D eigenvalue weighted by Crippen LogP contribution is -2.41. The lowest BCUT2D eigenvalue weighted by Gasteiger charge is -2.13. The fourth-order valence-electron chi connectivity index (χ4n) is 1.67. The summed E-state index contributed by atoms with van der Waals surface area (Å²) in [6.07, 6.45) is 1.10. The molecular formula is C14H20N2O4. The number of phenols is 1. The molecule has 1 aromatic carbocycles. The Labute approximate surface area is 117 Å². The highest BCUT2D eigenvalue weighted by Crippen LogP contribution is 2.09. The first kappa shape index (κ1) is 15.8. The van der Waals surface area contributed by atoms with Gasteiger partial charge in [-0.25, -0.2) is 4.79 Å². The lowest BCUT2D eigenvalue weighted by atomic mass is 10.1. The number of urea groups is 1. The van der Waals surface area contributed by atoms with Crippen LogP contribution in [-0.2, 0) is 11.2 Å². The maximum atomic E-state index is 11.5. The van der Waals surface area contributed by atoms with Crippen molar-refractivity contribution in [3.8, 4) is 5.75 Å². The molecule has 0 radical (unpaired) electrons. The number of carbonyl (C=O) groups excluding carboxylic acids is 1. The molecule has 6 heteroatoms. The molecule has 1 aromatic rings.